The fourth-order valence-electron chi connectivity index (χ4n) is 2.36. The summed E-state index contributed by atoms with van der Waals surface area (Å²) >= 11 is 5.69. The lowest BCUT2D eigenvalue weighted by molar-refractivity contribution is 0.311. The van der Waals surface area contributed by atoms with Crippen molar-refractivity contribution in [3.63, 3.8) is 0 Å². The molecule has 0 aromatic rings. The topological polar surface area (TPSA) is 0 Å². The largest absolute Gasteiger partial charge is 0.225 e. The summed E-state index contributed by atoms with van der Waals surface area (Å²) in [5.74, 6) is 0.162. The quantitative estimate of drug-likeness (QED) is 0.481. The Morgan fingerprint density at radius 1 is 1.50 bits per heavy atom. The summed E-state index contributed by atoms with van der Waals surface area (Å²) in [5.41, 5.74) is -0.160. The van der Waals surface area contributed by atoms with Crippen molar-refractivity contribution in [2.45, 2.75) is 37.7 Å². The van der Waals surface area contributed by atoms with Crippen LogP contribution >= 0.6 is 11.6 Å². The van der Waals surface area contributed by atoms with Gasteiger partial charge in [0.05, 0.1) is 0 Å². The zero-order valence-electron chi connectivity index (χ0n) is 6.16. The molecular formula is C8H12ClF. The van der Waals surface area contributed by atoms with Crippen molar-refractivity contribution < 1.29 is 4.39 Å². The highest BCUT2D eigenvalue weighted by molar-refractivity contribution is 6.26. The van der Waals surface area contributed by atoms with Crippen molar-refractivity contribution in [3.8, 4) is 0 Å². The number of alkyl halides is 2. The van der Waals surface area contributed by atoms with E-state index in [2.05, 4.69) is 0 Å². The molecule has 10 heavy (non-hydrogen) atoms. The molecule has 0 aromatic heterocycles. The summed E-state index contributed by atoms with van der Waals surface area (Å²) in [5, 5.41) is -1.34. The molecule has 2 saturated carbocycles. The minimum Gasteiger partial charge on any atom is -0.225 e. The van der Waals surface area contributed by atoms with Crippen LogP contribution < -0.4 is 0 Å². The lowest BCUT2D eigenvalue weighted by atomic mass is 9.90. The van der Waals surface area contributed by atoms with Crippen LogP contribution in [0.5, 0.6) is 0 Å². The molecule has 2 fully saturated rings. The van der Waals surface area contributed by atoms with Gasteiger partial charge in [-0.2, -0.15) is 0 Å². The smallest absolute Gasteiger partial charge is 0.192 e. The molecule has 0 N–H and O–H groups in total. The van der Waals surface area contributed by atoms with E-state index in [1.165, 1.54) is 6.42 Å². The first kappa shape index (κ1) is 6.90. The maximum atomic E-state index is 13.3. The highest BCUT2D eigenvalue weighted by Gasteiger charge is 2.74. The molecule has 0 saturated heterocycles. The lowest BCUT2D eigenvalue weighted by Gasteiger charge is -2.14. The first-order valence-electron chi connectivity index (χ1n) is 3.97. The molecule has 3 atom stereocenters. The lowest BCUT2D eigenvalue weighted by Crippen LogP contribution is -2.06. The van der Waals surface area contributed by atoms with Crippen LogP contribution in [0.3, 0.4) is 0 Å². The fraction of sp³-hybridized carbons (Fsp3) is 1.00. The number of fused-ring (bicyclic) bond motifs is 1. The van der Waals surface area contributed by atoms with Crippen molar-refractivity contribution in [2.24, 2.45) is 11.3 Å². The van der Waals surface area contributed by atoms with Crippen molar-refractivity contribution >= 4 is 11.6 Å². The van der Waals surface area contributed by atoms with Gasteiger partial charge < -0.3 is 0 Å². The number of halogens is 2. The van der Waals surface area contributed by atoms with Crippen LogP contribution in [0.4, 0.5) is 4.39 Å². The van der Waals surface area contributed by atoms with Crippen molar-refractivity contribution in [1.82, 2.24) is 0 Å². The minimum atomic E-state index is -1.34. The van der Waals surface area contributed by atoms with E-state index in [1.807, 2.05) is 6.92 Å². The third kappa shape index (κ3) is 0.578. The van der Waals surface area contributed by atoms with Gasteiger partial charge in [-0.15, -0.1) is 0 Å². The predicted molar refractivity (Wildman–Crippen MR) is 39.8 cm³/mol. The molecule has 2 heteroatoms. The summed E-state index contributed by atoms with van der Waals surface area (Å²) in [6.45, 7) is 1.98. The number of hydrogen-bond acceptors (Lipinski definition) is 0. The Labute approximate surface area is 65.8 Å². The van der Waals surface area contributed by atoms with Gasteiger partial charge in [0.25, 0.3) is 0 Å². The van der Waals surface area contributed by atoms with E-state index in [1.54, 1.807) is 0 Å². The van der Waals surface area contributed by atoms with Gasteiger partial charge in [-0.3, -0.25) is 0 Å². The molecule has 0 spiro atoms. The monoisotopic (exact) mass is 162 g/mol. The van der Waals surface area contributed by atoms with Crippen molar-refractivity contribution in [2.75, 3.05) is 0 Å². The molecule has 2 aliphatic rings. The molecule has 0 radical (unpaired) electrons. The molecule has 0 amide bonds. The summed E-state index contributed by atoms with van der Waals surface area (Å²) in [7, 11) is 0. The Bertz CT molecular complexity index is 167. The summed E-state index contributed by atoms with van der Waals surface area (Å²) in [4.78, 5) is 0. The predicted octanol–water partition coefficient (Wildman–Crippen LogP) is 3.10. The molecule has 2 rings (SSSR count). The standard InChI is InChI=1S/C8H12ClF/c1-7-5-3-2-4-6(7)8(7,9)10/h6H,2-5H2,1H3/t6-,7+,8-/m1/s1. The summed E-state index contributed by atoms with van der Waals surface area (Å²) in [6, 6.07) is 0. The van der Waals surface area contributed by atoms with Crippen LogP contribution in [-0.4, -0.2) is 5.13 Å². The van der Waals surface area contributed by atoms with Crippen LogP contribution in [0, 0.1) is 11.3 Å². The Morgan fingerprint density at radius 2 is 2.20 bits per heavy atom. The van der Waals surface area contributed by atoms with E-state index in [0.717, 1.165) is 19.3 Å². The first-order valence-corrected chi connectivity index (χ1v) is 4.35. The van der Waals surface area contributed by atoms with Gasteiger partial charge in [0.1, 0.15) is 0 Å². The molecule has 0 heterocycles. The van der Waals surface area contributed by atoms with Gasteiger partial charge in [-0.25, -0.2) is 4.39 Å². The maximum Gasteiger partial charge on any atom is 0.192 e. The van der Waals surface area contributed by atoms with Crippen LogP contribution in [-0.2, 0) is 0 Å². The minimum absolute atomic E-state index is 0.160. The highest BCUT2D eigenvalue weighted by atomic mass is 35.5. The Morgan fingerprint density at radius 3 is 2.60 bits per heavy atom. The van der Waals surface area contributed by atoms with Crippen LogP contribution in [0.1, 0.15) is 32.6 Å². The van der Waals surface area contributed by atoms with Crippen LogP contribution in [0.25, 0.3) is 0 Å². The Balaban J connectivity index is 2.20. The molecule has 2 aliphatic carbocycles. The normalized spacial score (nSPS) is 59.7. The van der Waals surface area contributed by atoms with E-state index < -0.39 is 5.13 Å². The first-order chi connectivity index (χ1) is 4.59. The second-order valence-electron chi connectivity index (χ2n) is 3.84. The fourth-order valence-corrected chi connectivity index (χ4v) is 2.88. The third-order valence-electron chi connectivity index (χ3n) is 3.32. The number of rotatable bonds is 0. The second kappa shape index (κ2) is 1.69. The molecule has 0 aromatic carbocycles. The summed E-state index contributed by atoms with van der Waals surface area (Å²) < 4.78 is 13.3. The SMILES string of the molecule is C[C@]12CCCC[C@H]1[C@]2(F)Cl. The third-order valence-corrected chi connectivity index (χ3v) is 4.02. The van der Waals surface area contributed by atoms with E-state index >= 15 is 0 Å². The van der Waals surface area contributed by atoms with E-state index in [9.17, 15) is 4.39 Å². The molecule has 0 unspecified atom stereocenters. The van der Waals surface area contributed by atoms with Gasteiger partial charge in [-0.1, -0.05) is 31.4 Å². The average molecular weight is 163 g/mol. The molecule has 0 aliphatic heterocycles. The van der Waals surface area contributed by atoms with Gasteiger partial charge in [0.15, 0.2) is 5.13 Å². The van der Waals surface area contributed by atoms with Crippen LogP contribution in [0.2, 0.25) is 0 Å². The Hall–Kier alpha value is 0.220. The molecule has 0 nitrogen and oxygen atoms in total. The average Bonchev–Trinajstić information content (AvgIpc) is 2.30. The van der Waals surface area contributed by atoms with Crippen molar-refractivity contribution in [1.29, 1.82) is 0 Å². The van der Waals surface area contributed by atoms with Crippen LogP contribution in [0.15, 0.2) is 0 Å². The number of hydrogen-bond donors (Lipinski definition) is 0. The summed E-state index contributed by atoms with van der Waals surface area (Å²) in [6.07, 6.45) is 4.30. The highest BCUT2D eigenvalue weighted by Crippen LogP contribution is 2.73. The molecular weight excluding hydrogens is 151 g/mol. The zero-order chi connectivity index (χ0) is 7.41. The molecule has 58 valence electrons. The Kier molecular flexibility index (Phi) is 1.16. The maximum absolute atomic E-state index is 13.3. The van der Waals surface area contributed by atoms with Gasteiger partial charge in [-0.05, 0) is 12.8 Å². The second-order valence-corrected chi connectivity index (χ2v) is 4.39. The van der Waals surface area contributed by atoms with Gasteiger partial charge >= 0.3 is 0 Å². The van der Waals surface area contributed by atoms with E-state index in [4.69, 9.17) is 11.6 Å². The molecule has 0 bridgehead atoms. The van der Waals surface area contributed by atoms with Gasteiger partial charge in [0, 0.05) is 11.3 Å². The van der Waals surface area contributed by atoms with Gasteiger partial charge in [0.2, 0.25) is 0 Å². The van der Waals surface area contributed by atoms with Crippen molar-refractivity contribution in [3.05, 3.63) is 0 Å². The van der Waals surface area contributed by atoms with E-state index in [0.29, 0.717) is 0 Å². The zero-order valence-corrected chi connectivity index (χ0v) is 6.92. The van der Waals surface area contributed by atoms with E-state index in [-0.39, 0.29) is 11.3 Å².